The molecule has 5 N–H and O–H groups in total. The zero-order chi connectivity index (χ0) is 16.1. The minimum atomic E-state index is 0.0454. The van der Waals surface area contributed by atoms with Crippen LogP contribution < -0.4 is 11.5 Å². The molecule has 0 fully saturated rings. The minimum Gasteiger partial charge on any atom is -0.398 e. The summed E-state index contributed by atoms with van der Waals surface area (Å²) in [6, 6.07) is 14.5. The molecule has 0 bridgehead atoms. The zero-order valence-electron chi connectivity index (χ0n) is 13.4. The van der Waals surface area contributed by atoms with Crippen LogP contribution in [0.15, 0.2) is 42.5 Å². The third-order valence-electron chi connectivity index (χ3n) is 3.79. The van der Waals surface area contributed by atoms with Crippen molar-refractivity contribution < 1.29 is 0 Å². The first-order chi connectivity index (χ1) is 10.5. The van der Waals surface area contributed by atoms with Crippen LogP contribution in [-0.2, 0) is 19.3 Å². The molecule has 0 spiro atoms. The number of anilines is 1. The summed E-state index contributed by atoms with van der Waals surface area (Å²) in [5.74, 6) is 0.606. The van der Waals surface area contributed by atoms with Gasteiger partial charge in [-0.3, -0.25) is 5.41 Å². The van der Waals surface area contributed by atoms with Gasteiger partial charge in [-0.2, -0.15) is 0 Å². The Balaban J connectivity index is 2.28. The Morgan fingerprint density at radius 2 is 1.73 bits per heavy atom. The normalized spacial score (nSPS) is 10.9. The Morgan fingerprint density at radius 3 is 2.32 bits per heavy atom. The van der Waals surface area contributed by atoms with Crippen LogP contribution in [-0.4, -0.2) is 5.84 Å². The molecule has 0 unspecified atom stereocenters. The van der Waals surface area contributed by atoms with E-state index in [1.807, 2.05) is 12.1 Å². The molecule has 0 amide bonds. The van der Waals surface area contributed by atoms with Crippen molar-refractivity contribution >= 4 is 11.5 Å². The second-order valence-electron chi connectivity index (χ2n) is 6.21. The molecule has 0 saturated carbocycles. The Bertz CT molecular complexity index is 645. The van der Waals surface area contributed by atoms with Gasteiger partial charge in [0.15, 0.2) is 0 Å². The molecule has 0 heterocycles. The van der Waals surface area contributed by atoms with Gasteiger partial charge in [0.05, 0.1) is 0 Å². The van der Waals surface area contributed by atoms with Gasteiger partial charge < -0.3 is 11.5 Å². The summed E-state index contributed by atoms with van der Waals surface area (Å²) in [6.45, 7) is 4.38. The topological polar surface area (TPSA) is 75.9 Å². The van der Waals surface area contributed by atoms with Crippen molar-refractivity contribution in [3.8, 4) is 0 Å². The van der Waals surface area contributed by atoms with Crippen LogP contribution in [0.2, 0.25) is 0 Å². The predicted molar refractivity (Wildman–Crippen MR) is 94.3 cm³/mol. The van der Waals surface area contributed by atoms with Gasteiger partial charge in [-0.15, -0.1) is 0 Å². The summed E-state index contributed by atoms with van der Waals surface area (Å²) in [4.78, 5) is 0. The molecule has 0 saturated heterocycles. The van der Waals surface area contributed by atoms with Crippen LogP contribution in [0.25, 0.3) is 0 Å². The van der Waals surface area contributed by atoms with E-state index >= 15 is 0 Å². The van der Waals surface area contributed by atoms with Gasteiger partial charge in [0.2, 0.25) is 0 Å². The van der Waals surface area contributed by atoms with Gasteiger partial charge in [-0.05, 0) is 47.9 Å². The van der Waals surface area contributed by atoms with E-state index in [2.05, 4.69) is 44.2 Å². The van der Waals surface area contributed by atoms with E-state index in [4.69, 9.17) is 16.9 Å². The number of hydrogen-bond donors (Lipinski definition) is 3. The zero-order valence-corrected chi connectivity index (χ0v) is 13.4. The fraction of sp³-hybridized carbons (Fsp3) is 0.316. The van der Waals surface area contributed by atoms with E-state index in [1.165, 1.54) is 11.1 Å². The highest BCUT2D eigenvalue weighted by Crippen LogP contribution is 2.23. The highest BCUT2D eigenvalue weighted by atomic mass is 14.7. The van der Waals surface area contributed by atoms with Crippen molar-refractivity contribution in [2.75, 3.05) is 5.73 Å². The molecule has 0 aliphatic heterocycles. The number of amidine groups is 1. The fourth-order valence-corrected chi connectivity index (χ4v) is 2.72. The Kier molecular flexibility index (Phi) is 5.21. The molecule has 0 aliphatic rings. The molecule has 3 heteroatoms. The van der Waals surface area contributed by atoms with Crippen LogP contribution in [0.1, 0.15) is 36.1 Å². The van der Waals surface area contributed by atoms with Crippen molar-refractivity contribution in [3.63, 3.8) is 0 Å². The smallest absolute Gasteiger partial charge is 0.124 e. The standard InChI is InChI=1S/C19H25N3/c1-13(2)10-15-11-16(18(20)17(12-15)19(21)22)9-8-14-6-4-3-5-7-14/h3-7,11-13H,8-10,20H2,1-2H3,(H3,21,22). The predicted octanol–water partition coefficient (Wildman–Crippen LogP) is 3.54. The Labute approximate surface area is 132 Å². The minimum absolute atomic E-state index is 0.0454. The molecular formula is C19H25N3. The summed E-state index contributed by atoms with van der Waals surface area (Å²) in [5.41, 5.74) is 16.8. The quantitative estimate of drug-likeness (QED) is 0.433. The van der Waals surface area contributed by atoms with Gasteiger partial charge in [0.25, 0.3) is 0 Å². The maximum Gasteiger partial charge on any atom is 0.124 e. The average Bonchev–Trinajstić information content (AvgIpc) is 2.47. The number of aryl methyl sites for hydroxylation is 2. The first kappa shape index (κ1) is 16.1. The highest BCUT2D eigenvalue weighted by molar-refractivity contribution is 6.00. The van der Waals surface area contributed by atoms with Gasteiger partial charge in [0, 0.05) is 11.3 Å². The van der Waals surface area contributed by atoms with Crippen molar-refractivity contribution in [1.29, 1.82) is 5.41 Å². The molecule has 2 aromatic rings. The van der Waals surface area contributed by atoms with Crippen LogP contribution >= 0.6 is 0 Å². The highest BCUT2D eigenvalue weighted by Gasteiger charge is 2.11. The SMILES string of the molecule is CC(C)Cc1cc(CCc2ccccc2)c(N)c(C(=N)N)c1. The lowest BCUT2D eigenvalue weighted by Gasteiger charge is -2.15. The number of nitrogen functional groups attached to an aromatic ring is 2. The maximum atomic E-state index is 7.75. The second kappa shape index (κ2) is 7.12. The summed E-state index contributed by atoms with van der Waals surface area (Å²) in [7, 11) is 0. The van der Waals surface area contributed by atoms with Gasteiger partial charge in [0.1, 0.15) is 5.84 Å². The summed E-state index contributed by atoms with van der Waals surface area (Å²) in [5, 5.41) is 7.75. The van der Waals surface area contributed by atoms with Gasteiger partial charge in [-0.1, -0.05) is 50.2 Å². The fourth-order valence-electron chi connectivity index (χ4n) is 2.72. The monoisotopic (exact) mass is 295 g/mol. The van der Waals surface area contributed by atoms with Crippen molar-refractivity contribution in [2.45, 2.75) is 33.1 Å². The number of rotatable bonds is 6. The van der Waals surface area contributed by atoms with E-state index < -0.39 is 0 Å². The number of nitrogens with two attached hydrogens (primary N) is 2. The number of benzene rings is 2. The molecule has 116 valence electrons. The average molecular weight is 295 g/mol. The lowest BCUT2D eigenvalue weighted by molar-refractivity contribution is 0.646. The van der Waals surface area contributed by atoms with Crippen molar-refractivity contribution in [3.05, 3.63) is 64.7 Å². The van der Waals surface area contributed by atoms with Crippen LogP contribution in [0.5, 0.6) is 0 Å². The van der Waals surface area contributed by atoms with Crippen molar-refractivity contribution in [1.82, 2.24) is 0 Å². The number of nitrogens with one attached hydrogen (secondary N) is 1. The molecule has 2 aromatic carbocycles. The molecule has 0 radical (unpaired) electrons. The molecule has 3 nitrogen and oxygen atoms in total. The lowest BCUT2D eigenvalue weighted by atomic mass is 9.93. The summed E-state index contributed by atoms with van der Waals surface area (Å²) >= 11 is 0. The maximum absolute atomic E-state index is 7.75. The summed E-state index contributed by atoms with van der Waals surface area (Å²) < 4.78 is 0. The van der Waals surface area contributed by atoms with E-state index in [1.54, 1.807) is 0 Å². The van der Waals surface area contributed by atoms with Crippen LogP contribution in [0, 0.1) is 11.3 Å². The molecular weight excluding hydrogens is 270 g/mol. The van der Waals surface area contributed by atoms with E-state index in [-0.39, 0.29) is 5.84 Å². The van der Waals surface area contributed by atoms with Crippen LogP contribution in [0.3, 0.4) is 0 Å². The van der Waals surface area contributed by atoms with E-state index in [0.29, 0.717) is 17.2 Å². The number of hydrogen-bond acceptors (Lipinski definition) is 2. The second-order valence-corrected chi connectivity index (χ2v) is 6.21. The van der Waals surface area contributed by atoms with E-state index in [0.717, 1.165) is 24.8 Å². The Hall–Kier alpha value is -2.29. The van der Waals surface area contributed by atoms with E-state index in [9.17, 15) is 0 Å². The molecule has 2 rings (SSSR count). The molecule has 0 aliphatic carbocycles. The summed E-state index contributed by atoms with van der Waals surface area (Å²) in [6.07, 6.45) is 2.77. The Morgan fingerprint density at radius 1 is 1.05 bits per heavy atom. The molecule has 0 aromatic heterocycles. The van der Waals surface area contributed by atoms with Crippen molar-refractivity contribution in [2.24, 2.45) is 11.7 Å². The first-order valence-corrected chi connectivity index (χ1v) is 7.77. The van der Waals surface area contributed by atoms with Gasteiger partial charge >= 0.3 is 0 Å². The first-order valence-electron chi connectivity index (χ1n) is 7.77. The third-order valence-corrected chi connectivity index (χ3v) is 3.79. The molecule has 22 heavy (non-hydrogen) atoms. The largest absolute Gasteiger partial charge is 0.398 e. The molecule has 0 atom stereocenters. The lowest BCUT2D eigenvalue weighted by Crippen LogP contribution is -2.16. The third kappa shape index (κ3) is 4.10. The van der Waals surface area contributed by atoms with Crippen LogP contribution in [0.4, 0.5) is 5.69 Å². The van der Waals surface area contributed by atoms with Gasteiger partial charge in [-0.25, -0.2) is 0 Å².